The Morgan fingerprint density at radius 1 is 1.09 bits per heavy atom. The number of nitrogens with one attached hydrogen (secondary N) is 4. The molecule has 0 bridgehead atoms. The van der Waals surface area contributed by atoms with Crippen molar-refractivity contribution in [1.82, 2.24) is 36.1 Å². The van der Waals surface area contributed by atoms with Crippen molar-refractivity contribution in [3.63, 3.8) is 0 Å². The Hall–Kier alpha value is -4.32. The second kappa shape index (κ2) is 8.47. The molecule has 9 nitrogen and oxygen atoms in total. The van der Waals surface area contributed by atoms with Crippen LogP contribution >= 0.6 is 11.6 Å². The van der Waals surface area contributed by atoms with Crippen molar-refractivity contribution in [2.45, 2.75) is 11.8 Å². The number of aromatic nitrogens is 5. The summed E-state index contributed by atoms with van der Waals surface area (Å²) in [6, 6.07) is 10.2. The van der Waals surface area contributed by atoms with E-state index in [1.54, 1.807) is 24.4 Å². The normalized spacial score (nSPS) is 17.7. The third kappa shape index (κ3) is 3.97. The lowest BCUT2D eigenvalue weighted by Gasteiger charge is -2.39. The van der Waals surface area contributed by atoms with E-state index in [1.165, 1.54) is 42.9 Å². The molecule has 3 aromatic heterocycles. The minimum atomic E-state index is -4.95. The van der Waals surface area contributed by atoms with Crippen LogP contribution in [0.4, 0.5) is 19.0 Å². The van der Waals surface area contributed by atoms with Gasteiger partial charge in [-0.15, -0.1) is 0 Å². The molecular formula is C22H16ClF3N8O. The molecule has 0 radical (unpaired) electrons. The summed E-state index contributed by atoms with van der Waals surface area (Å²) in [5.74, 6) is -0.995. The number of carbonyl (C=O) groups is 1. The second-order valence-corrected chi connectivity index (χ2v) is 7.96. The molecule has 35 heavy (non-hydrogen) atoms. The lowest BCUT2D eigenvalue weighted by molar-refractivity contribution is -0.178. The van der Waals surface area contributed by atoms with E-state index in [2.05, 4.69) is 36.1 Å². The second-order valence-electron chi connectivity index (χ2n) is 7.56. The van der Waals surface area contributed by atoms with Crippen molar-refractivity contribution in [2.24, 2.45) is 0 Å². The molecule has 1 aromatic carbocycles. The van der Waals surface area contributed by atoms with Crippen LogP contribution in [0.2, 0.25) is 5.02 Å². The Labute approximate surface area is 201 Å². The van der Waals surface area contributed by atoms with Gasteiger partial charge < -0.3 is 5.32 Å². The molecule has 0 saturated heterocycles. The van der Waals surface area contributed by atoms with Crippen molar-refractivity contribution in [1.29, 1.82) is 0 Å². The molecule has 1 unspecified atom stereocenters. The molecule has 1 amide bonds. The summed E-state index contributed by atoms with van der Waals surface area (Å²) >= 11 is 6.23. The molecule has 13 heteroatoms. The van der Waals surface area contributed by atoms with E-state index in [0.717, 1.165) is 11.1 Å². The van der Waals surface area contributed by atoms with Gasteiger partial charge in [0.1, 0.15) is 5.82 Å². The van der Waals surface area contributed by atoms with Gasteiger partial charge in [-0.3, -0.25) is 25.4 Å². The number of hydrogen-bond donors (Lipinski definition) is 4. The number of nitrogens with zero attached hydrogens (tertiary/aromatic N) is 4. The number of rotatable bonds is 5. The van der Waals surface area contributed by atoms with Gasteiger partial charge in [-0.1, -0.05) is 11.6 Å². The Morgan fingerprint density at radius 2 is 1.89 bits per heavy atom. The van der Waals surface area contributed by atoms with Crippen LogP contribution in [-0.2, 0) is 0 Å². The highest BCUT2D eigenvalue weighted by Crippen LogP contribution is 2.42. The zero-order chi connectivity index (χ0) is 24.6. The van der Waals surface area contributed by atoms with Gasteiger partial charge in [0, 0.05) is 41.3 Å². The average Bonchev–Trinajstić information content (AvgIpc) is 3.60. The van der Waals surface area contributed by atoms with Crippen molar-refractivity contribution >= 4 is 29.0 Å². The maximum absolute atomic E-state index is 14.8. The van der Waals surface area contributed by atoms with Gasteiger partial charge in [-0.25, -0.2) is 5.01 Å². The highest BCUT2D eigenvalue weighted by atomic mass is 35.5. The zero-order valence-corrected chi connectivity index (χ0v) is 18.4. The number of amides is 1. The number of anilines is 1. The van der Waals surface area contributed by atoms with E-state index >= 15 is 0 Å². The minimum Gasteiger partial charge on any atom is -0.317 e. The predicted molar refractivity (Wildman–Crippen MR) is 122 cm³/mol. The van der Waals surface area contributed by atoms with E-state index in [9.17, 15) is 18.0 Å². The van der Waals surface area contributed by atoms with Gasteiger partial charge in [-0.05, 0) is 42.5 Å². The van der Waals surface area contributed by atoms with E-state index in [1.807, 2.05) is 0 Å². The number of halogens is 4. The summed E-state index contributed by atoms with van der Waals surface area (Å²) in [6.45, 7) is 0. The van der Waals surface area contributed by atoms with Crippen LogP contribution in [0.3, 0.4) is 0 Å². The van der Waals surface area contributed by atoms with Crippen LogP contribution in [0.1, 0.15) is 15.9 Å². The van der Waals surface area contributed by atoms with Crippen LogP contribution in [0.5, 0.6) is 0 Å². The SMILES string of the molecule is O=C(NC1(C(F)(F)F)C=C(c2ccncc2)NN1c1ccn[nH]1)c1ccc(Cl)c(-c2cc[nH]n2)c1. The van der Waals surface area contributed by atoms with Crippen molar-refractivity contribution in [2.75, 3.05) is 5.01 Å². The van der Waals surface area contributed by atoms with Gasteiger partial charge in [0.05, 0.1) is 22.6 Å². The lowest BCUT2D eigenvalue weighted by atomic mass is 10.0. The summed E-state index contributed by atoms with van der Waals surface area (Å²) in [5.41, 5.74) is 1.13. The molecule has 1 aliphatic rings. The topological polar surface area (TPSA) is 115 Å². The lowest BCUT2D eigenvalue weighted by Crippen LogP contribution is -2.68. The summed E-state index contributed by atoms with van der Waals surface area (Å²) < 4.78 is 44.3. The fourth-order valence-electron chi connectivity index (χ4n) is 3.71. The minimum absolute atomic E-state index is 0.0174. The summed E-state index contributed by atoms with van der Waals surface area (Å²) in [7, 11) is 0. The molecule has 0 saturated carbocycles. The van der Waals surface area contributed by atoms with Gasteiger partial charge in [0.2, 0.25) is 0 Å². The number of alkyl halides is 3. The number of aromatic amines is 2. The molecule has 178 valence electrons. The first-order valence-corrected chi connectivity index (χ1v) is 10.5. The summed E-state index contributed by atoms with van der Waals surface area (Å²) in [5, 5.41) is 16.2. The van der Waals surface area contributed by atoms with E-state index in [-0.39, 0.29) is 17.1 Å². The number of hydrazine groups is 1. The van der Waals surface area contributed by atoms with Crippen molar-refractivity contribution in [3.05, 3.63) is 89.5 Å². The van der Waals surface area contributed by atoms with Crippen molar-refractivity contribution in [3.8, 4) is 11.3 Å². The predicted octanol–water partition coefficient (Wildman–Crippen LogP) is 3.90. The third-order valence-electron chi connectivity index (χ3n) is 5.40. The third-order valence-corrected chi connectivity index (χ3v) is 5.73. The zero-order valence-electron chi connectivity index (χ0n) is 17.6. The van der Waals surface area contributed by atoms with Crippen LogP contribution in [0.15, 0.2) is 73.3 Å². The largest absolute Gasteiger partial charge is 0.436 e. The van der Waals surface area contributed by atoms with Gasteiger partial charge in [0.25, 0.3) is 11.6 Å². The molecule has 0 fully saturated rings. The maximum atomic E-state index is 14.8. The van der Waals surface area contributed by atoms with Crippen LogP contribution < -0.4 is 15.8 Å². The Balaban J connectivity index is 1.59. The number of pyridine rings is 1. The van der Waals surface area contributed by atoms with Crippen molar-refractivity contribution < 1.29 is 18.0 Å². The highest BCUT2D eigenvalue weighted by Gasteiger charge is 2.62. The summed E-state index contributed by atoms with van der Waals surface area (Å²) in [4.78, 5) is 17.1. The molecule has 5 rings (SSSR count). The smallest absolute Gasteiger partial charge is 0.317 e. The Bertz CT molecular complexity index is 1370. The first-order chi connectivity index (χ1) is 16.8. The van der Waals surface area contributed by atoms with Gasteiger partial charge >= 0.3 is 6.18 Å². The van der Waals surface area contributed by atoms with Crippen LogP contribution in [-0.4, -0.2) is 43.1 Å². The monoisotopic (exact) mass is 500 g/mol. The fourth-order valence-corrected chi connectivity index (χ4v) is 3.92. The molecule has 1 atom stereocenters. The quantitative estimate of drug-likeness (QED) is 0.330. The molecular weight excluding hydrogens is 485 g/mol. The van der Waals surface area contributed by atoms with Gasteiger partial charge in [0.15, 0.2) is 0 Å². The van der Waals surface area contributed by atoms with E-state index in [4.69, 9.17) is 11.6 Å². The Morgan fingerprint density at radius 3 is 2.54 bits per heavy atom. The number of hydrogen-bond acceptors (Lipinski definition) is 6. The number of benzene rings is 1. The van der Waals surface area contributed by atoms with Crippen LogP contribution in [0.25, 0.3) is 17.0 Å². The fraction of sp³-hybridized carbons (Fsp3) is 0.0909. The van der Waals surface area contributed by atoms with Gasteiger partial charge in [-0.2, -0.15) is 23.4 Å². The van der Waals surface area contributed by atoms with Crippen LogP contribution in [0, 0.1) is 0 Å². The number of carbonyl (C=O) groups excluding carboxylic acids is 1. The molecule has 1 aliphatic heterocycles. The molecule has 0 aliphatic carbocycles. The first-order valence-electron chi connectivity index (χ1n) is 10.2. The molecule has 4 heterocycles. The Kier molecular flexibility index (Phi) is 5.44. The first kappa shape index (κ1) is 22.5. The average molecular weight is 501 g/mol. The maximum Gasteiger partial charge on any atom is 0.436 e. The highest BCUT2D eigenvalue weighted by molar-refractivity contribution is 6.33. The van der Waals surface area contributed by atoms with E-state index in [0.29, 0.717) is 21.8 Å². The standard InChI is InChI=1S/C22H16ClF3N8O/c23-16-2-1-14(11-15(16)17-5-9-28-31-17)20(35)30-21(22(24,25)26)12-18(13-3-7-27-8-4-13)33-34(21)19-6-10-29-32-19/h1-12,33H,(H,28,31)(H,29,32)(H,30,35). The summed E-state index contributed by atoms with van der Waals surface area (Å²) in [6.07, 6.45) is 1.73. The molecule has 4 N–H and O–H groups in total. The van der Waals surface area contributed by atoms with E-state index < -0.39 is 17.7 Å². The molecule has 0 spiro atoms. The molecule has 4 aromatic rings. The number of H-pyrrole nitrogens is 2.